The van der Waals surface area contributed by atoms with Crippen molar-refractivity contribution in [2.45, 2.75) is 13.1 Å². The summed E-state index contributed by atoms with van der Waals surface area (Å²) in [4.78, 5) is 17.5. The van der Waals surface area contributed by atoms with Crippen LogP contribution >= 0.6 is 11.3 Å². The minimum absolute atomic E-state index is 0.0744. The zero-order valence-corrected chi connectivity index (χ0v) is 14.8. The maximum Gasteiger partial charge on any atom is 0.318 e. The number of urea groups is 1. The highest BCUT2D eigenvalue weighted by atomic mass is 32.1. The predicted molar refractivity (Wildman–Crippen MR) is 96.7 cm³/mol. The zero-order valence-electron chi connectivity index (χ0n) is 14.0. The number of hydrogen-bond donors (Lipinski definition) is 1. The van der Waals surface area contributed by atoms with E-state index in [1.54, 1.807) is 28.4 Å². The lowest BCUT2D eigenvalue weighted by atomic mass is 10.1. The molecule has 0 saturated carbocycles. The molecule has 126 valence electrons. The summed E-state index contributed by atoms with van der Waals surface area (Å²) in [6, 6.07) is 13.4. The van der Waals surface area contributed by atoms with Crippen LogP contribution in [-0.2, 0) is 13.1 Å². The number of thiophene rings is 1. The van der Waals surface area contributed by atoms with Gasteiger partial charge in [-0.25, -0.2) is 4.79 Å². The van der Waals surface area contributed by atoms with Crippen LogP contribution in [0.3, 0.4) is 0 Å². The van der Waals surface area contributed by atoms with Crippen LogP contribution in [0.4, 0.5) is 4.79 Å². The summed E-state index contributed by atoms with van der Waals surface area (Å²) in [5.74, 6) is 0. The number of rotatable bonds is 7. The van der Waals surface area contributed by atoms with Crippen molar-refractivity contribution < 1.29 is 4.79 Å². The Labute approximate surface area is 147 Å². The molecule has 2 amide bonds. The normalized spacial score (nSPS) is 10.4. The zero-order chi connectivity index (χ0) is 17.4. The van der Waals surface area contributed by atoms with Gasteiger partial charge in [0.15, 0.2) is 0 Å². The molecule has 0 spiro atoms. The minimum atomic E-state index is -0.0744. The van der Waals surface area contributed by atoms with Crippen molar-refractivity contribution in [1.82, 2.24) is 15.1 Å². The Morgan fingerprint density at radius 3 is 2.54 bits per heavy atom. The summed E-state index contributed by atoms with van der Waals surface area (Å²) in [7, 11) is 3.98. The molecular weight excluding hydrogens is 320 g/mol. The van der Waals surface area contributed by atoms with E-state index >= 15 is 0 Å². The molecule has 1 N–H and O–H groups in total. The molecule has 0 fully saturated rings. The third kappa shape index (κ3) is 5.69. The van der Waals surface area contributed by atoms with E-state index in [9.17, 15) is 4.79 Å². The van der Waals surface area contributed by atoms with Crippen LogP contribution in [0.1, 0.15) is 16.0 Å². The Morgan fingerprint density at radius 2 is 1.96 bits per heavy atom. The van der Waals surface area contributed by atoms with Gasteiger partial charge in [-0.15, -0.1) is 11.3 Å². The largest absolute Gasteiger partial charge is 0.333 e. The van der Waals surface area contributed by atoms with E-state index in [2.05, 4.69) is 16.3 Å². The fraction of sp³-hybridized carbons (Fsp3) is 0.333. The number of amides is 2. The van der Waals surface area contributed by atoms with Crippen molar-refractivity contribution in [3.05, 3.63) is 57.8 Å². The van der Waals surface area contributed by atoms with Gasteiger partial charge in [0.25, 0.3) is 0 Å². The fourth-order valence-electron chi connectivity index (χ4n) is 2.17. The van der Waals surface area contributed by atoms with Gasteiger partial charge in [0, 0.05) is 24.5 Å². The lowest BCUT2D eigenvalue weighted by molar-refractivity contribution is 0.188. The van der Waals surface area contributed by atoms with E-state index in [4.69, 9.17) is 5.26 Å². The minimum Gasteiger partial charge on any atom is -0.333 e. The Morgan fingerprint density at radius 1 is 1.21 bits per heavy atom. The summed E-state index contributed by atoms with van der Waals surface area (Å²) < 4.78 is 0. The van der Waals surface area contributed by atoms with E-state index in [0.717, 1.165) is 17.0 Å². The summed E-state index contributed by atoms with van der Waals surface area (Å²) in [5.41, 5.74) is 1.64. The number of nitriles is 1. The first kappa shape index (κ1) is 18.0. The number of hydrogen-bond acceptors (Lipinski definition) is 4. The second kappa shape index (κ2) is 9.06. The molecule has 0 aliphatic carbocycles. The number of nitrogens with one attached hydrogen (secondary N) is 1. The average molecular weight is 342 g/mol. The molecule has 1 heterocycles. The topological polar surface area (TPSA) is 59.4 Å². The molecule has 5 nitrogen and oxygen atoms in total. The van der Waals surface area contributed by atoms with Gasteiger partial charge in [0.2, 0.25) is 0 Å². The Balaban J connectivity index is 1.99. The third-order valence-electron chi connectivity index (χ3n) is 3.55. The van der Waals surface area contributed by atoms with E-state index < -0.39 is 0 Å². The third-order valence-corrected chi connectivity index (χ3v) is 4.43. The molecule has 1 aromatic carbocycles. The lowest BCUT2D eigenvalue weighted by Gasteiger charge is -2.25. The summed E-state index contributed by atoms with van der Waals surface area (Å²) in [6.07, 6.45) is 0. The SMILES string of the molecule is CN(C)CCN(Cc1ccc(C#N)cc1)C(=O)NCc1cccs1. The van der Waals surface area contributed by atoms with Crippen LogP contribution < -0.4 is 5.32 Å². The predicted octanol–water partition coefficient (Wildman–Crippen LogP) is 2.89. The van der Waals surface area contributed by atoms with Crippen molar-refractivity contribution in [3.63, 3.8) is 0 Å². The summed E-state index contributed by atoms with van der Waals surface area (Å²) >= 11 is 1.63. The summed E-state index contributed by atoms with van der Waals surface area (Å²) in [5, 5.41) is 13.9. The van der Waals surface area contributed by atoms with Crippen molar-refractivity contribution in [1.29, 1.82) is 5.26 Å². The second-order valence-corrected chi connectivity index (χ2v) is 6.80. The van der Waals surface area contributed by atoms with E-state index in [1.807, 2.05) is 43.7 Å². The molecule has 1 aromatic heterocycles. The van der Waals surface area contributed by atoms with Crippen LogP contribution in [0.25, 0.3) is 0 Å². The molecule has 0 aliphatic heterocycles. The lowest BCUT2D eigenvalue weighted by Crippen LogP contribution is -2.42. The van der Waals surface area contributed by atoms with Crippen LogP contribution in [0.2, 0.25) is 0 Å². The summed E-state index contributed by atoms with van der Waals surface area (Å²) in [6.45, 7) is 2.50. The smallest absolute Gasteiger partial charge is 0.318 e. The van der Waals surface area contributed by atoms with Crippen molar-refractivity contribution in [2.24, 2.45) is 0 Å². The molecular formula is C18H22N4OS. The quantitative estimate of drug-likeness (QED) is 0.842. The van der Waals surface area contributed by atoms with Crippen LogP contribution in [0.5, 0.6) is 0 Å². The molecule has 6 heteroatoms. The fourth-order valence-corrected chi connectivity index (χ4v) is 2.81. The molecule has 0 saturated heterocycles. The Kier molecular flexibility index (Phi) is 6.79. The maximum absolute atomic E-state index is 12.5. The van der Waals surface area contributed by atoms with Gasteiger partial charge in [-0.2, -0.15) is 5.26 Å². The highest BCUT2D eigenvalue weighted by Crippen LogP contribution is 2.10. The Bertz CT molecular complexity index is 674. The molecule has 2 rings (SSSR count). The molecule has 24 heavy (non-hydrogen) atoms. The van der Waals surface area contributed by atoms with Gasteiger partial charge in [0.05, 0.1) is 18.2 Å². The van der Waals surface area contributed by atoms with E-state index in [1.165, 1.54) is 0 Å². The molecule has 0 unspecified atom stereocenters. The highest BCUT2D eigenvalue weighted by molar-refractivity contribution is 7.09. The van der Waals surface area contributed by atoms with Gasteiger partial charge >= 0.3 is 6.03 Å². The highest BCUT2D eigenvalue weighted by Gasteiger charge is 2.14. The number of carbonyl (C=O) groups is 1. The van der Waals surface area contributed by atoms with Crippen molar-refractivity contribution >= 4 is 17.4 Å². The molecule has 0 bridgehead atoms. The van der Waals surface area contributed by atoms with E-state index in [0.29, 0.717) is 25.2 Å². The molecule has 0 radical (unpaired) electrons. The van der Waals surface area contributed by atoms with Gasteiger partial charge in [0.1, 0.15) is 0 Å². The van der Waals surface area contributed by atoms with Crippen LogP contribution in [0, 0.1) is 11.3 Å². The average Bonchev–Trinajstić information content (AvgIpc) is 3.10. The van der Waals surface area contributed by atoms with Crippen molar-refractivity contribution in [2.75, 3.05) is 27.2 Å². The molecule has 0 atom stereocenters. The number of likely N-dealkylation sites (N-methyl/N-ethyl adjacent to an activating group) is 1. The van der Waals surface area contributed by atoms with Gasteiger partial charge in [-0.3, -0.25) is 0 Å². The second-order valence-electron chi connectivity index (χ2n) is 5.77. The number of benzene rings is 1. The standard InChI is InChI=1S/C18H22N4OS/c1-21(2)9-10-22(14-16-7-5-15(12-19)6-8-16)18(23)20-13-17-4-3-11-24-17/h3-8,11H,9-10,13-14H2,1-2H3,(H,20,23). The Hall–Kier alpha value is -2.36. The maximum atomic E-state index is 12.5. The van der Waals surface area contributed by atoms with Gasteiger partial charge in [-0.1, -0.05) is 18.2 Å². The monoisotopic (exact) mass is 342 g/mol. The van der Waals surface area contributed by atoms with Crippen molar-refractivity contribution in [3.8, 4) is 6.07 Å². The number of nitrogens with zero attached hydrogens (tertiary/aromatic N) is 3. The molecule has 0 aliphatic rings. The first-order valence-corrected chi connectivity index (χ1v) is 8.65. The van der Waals surface area contributed by atoms with E-state index in [-0.39, 0.29) is 6.03 Å². The first-order chi connectivity index (χ1) is 11.6. The van der Waals surface area contributed by atoms with Crippen LogP contribution in [-0.4, -0.2) is 43.0 Å². The molecule has 2 aromatic rings. The van der Waals surface area contributed by atoms with Gasteiger partial charge in [-0.05, 0) is 43.2 Å². The van der Waals surface area contributed by atoms with Gasteiger partial charge < -0.3 is 15.1 Å². The van der Waals surface area contributed by atoms with Crippen LogP contribution in [0.15, 0.2) is 41.8 Å². The number of carbonyl (C=O) groups excluding carboxylic acids is 1. The first-order valence-electron chi connectivity index (χ1n) is 7.77.